The molecule has 112 valence electrons. The third kappa shape index (κ3) is 4.78. The fraction of sp³-hybridized carbons (Fsp3) is 0.706. The first-order valence-electron chi connectivity index (χ1n) is 7.99. The van der Waals surface area contributed by atoms with Gasteiger partial charge in [0.15, 0.2) is 0 Å². The number of nitrogens with zero attached hydrogens (tertiary/aromatic N) is 2. The van der Waals surface area contributed by atoms with Gasteiger partial charge in [0.2, 0.25) is 0 Å². The van der Waals surface area contributed by atoms with Gasteiger partial charge in [0.05, 0.1) is 5.69 Å². The molecule has 1 aromatic heterocycles. The zero-order chi connectivity index (χ0) is 14.5. The summed E-state index contributed by atoms with van der Waals surface area (Å²) in [4.78, 5) is 7.28. The third-order valence-corrected chi connectivity index (χ3v) is 3.72. The minimum Gasteiger partial charge on any atom is -0.354 e. The van der Waals surface area contributed by atoms with Crippen LogP contribution in [0.1, 0.15) is 46.2 Å². The molecule has 0 saturated heterocycles. The van der Waals surface area contributed by atoms with E-state index >= 15 is 0 Å². The Hall–Kier alpha value is -1.09. The van der Waals surface area contributed by atoms with Crippen LogP contribution in [0.2, 0.25) is 0 Å². The highest BCUT2D eigenvalue weighted by atomic mass is 15.2. The molecule has 1 N–H and O–H groups in total. The summed E-state index contributed by atoms with van der Waals surface area (Å²) >= 11 is 0. The molecule has 0 aromatic carbocycles. The summed E-state index contributed by atoms with van der Waals surface area (Å²) in [7, 11) is 0. The minimum absolute atomic E-state index is 0.516. The van der Waals surface area contributed by atoms with Crippen LogP contribution in [0.25, 0.3) is 0 Å². The molecule has 1 aliphatic rings. The van der Waals surface area contributed by atoms with Crippen molar-refractivity contribution in [1.82, 2.24) is 10.3 Å². The zero-order valence-corrected chi connectivity index (χ0v) is 13.4. The second-order valence-electron chi connectivity index (χ2n) is 6.70. The summed E-state index contributed by atoms with van der Waals surface area (Å²) in [6, 6.07) is 6.92. The van der Waals surface area contributed by atoms with Crippen LogP contribution in [-0.2, 0) is 6.54 Å². The van der Waals surface area contributed by atoms with Crippen molar-refractivity contribution < 1.29 is 0 Å². The molecule has 0 unspecified atom stereocenters. The number of nitrogens with one attached hydrogen (secondary N) is 1. The standard InChI is InChI=1S/C17H29N3/c1-13(2)10-18-11-16-6-5-7-17(19-16)20(14(3)4)12-15-8-9-15/h5-7,13-15,18H,8-12H2,1-4H3. The molecule has 3 heteroatoms. The molecule has 0 amide bonds. The zero-order valence-electron chi connectivity index (χ0n) is 13.4. The van der Waals surface area contributed by atoms with E-state index in [1.54, 1.807) is 0 Å². The quantitative estimate of drug-likeness (QED) is 0.787. The smallest absolute Gasteiger partial charge is 0.129 e. The highest BCUT2D eigenvalue weighted by Gasteiger charge is 2.26. The van der Waals surface area contributed by atoms with Gasteiger partial charge in [0.25, 0.3) is 0 Å². The first kappa shape index (κ1) is 15.3. The van der Waals surface area contributed by atoms with Crippen molar-refractivity contribution in [3.8, 4) is 0 Å². The Labute approximate surface area is 123 Å². The van der Waals surface area contributed by atoms with E-state index in [2.05, 4.69) is 56.1 Å². The second-order valence-corrected chi connectivity index (χ2v) is 6.70. The lowest BCUT2D eigenvalue weighted by molar-refractivity contribution is 0.547. The van der Waals surface area contributed by atoms with E-state index in [0.717, 1.165) is 37.1 Å². The fourth-order valence-corrected chi connectivity index (χ4v) is 2.36. The summed E-state index contributed by atoms with van der Waals surface area (Å²) in [5.74, 6) is 2.71. The van der Waals surface area contributed by atoms with Gasteiger partial charge in [-0.1, -0.05) is 19.9 Å². The average molecular weight is 275 g/mol. The minimum atomic E-state index is 0.516. The average Bonchev–Trinajstić information content (AvgIpc) is 3.19. The molecule has 1 heterocycles. The summed E-state index contributed by atoms with van der Waals surface area (Å²) in [6.07, 6.45) is 2.78. The Bertz CT molecular complexity index is 410. The van der Waals surface area contributed by atoms with E-state index in [4.69, 9.17) is 4.98 Å². The Kier molecular flexibility index (Phi) is 5.41. The molecule has 1 aliphatic carbocycles. The van der Waals surface area contributed by atoms with E-state index in [9.17, 15) is 0 Å². The van der Waals surface area contributed by atoms with Gasteiger partial charge in [0, 0.05) is 19.1 Å². The maximum atomic E-state index is 4.84. The lowest BCUT2D eigenvalue weighted by atomic mass is 10.2. The molecular formula is C17H29N3. The molecule has 1 saturated carbocycles. The summed E-state index contributed by atoms with van der Waals surface area (Å²) < 4.78 is 0. The molecule has 0 spiro atoms. The molecule has 3 nitrogen and oxygen atoms in total. The van der Waals surface area contributed by atoms with Crippen LogP contribution < -0.4 is 10.2 Å². The summed E-state index contributed by atoms with van der Waals surface area (Å²) in [6.45, 7) is 12.0. The molecule has 20 heavy (non-hydrogen) atoms. The van der Waals surface area contributed by atoms with Gasteiger partial charge in [-0.05, 0) is 57.2 Å². The van der Waals surface area contributed by atoms with Crippen LogP contribution >= 0.6 is 0 Å². The molecule has 0 aliphatic heterocycles. The number of hydrogen-bond acceptors (Lipinski definition) is 3. The van der Waals surface area contributed by atoms with Crippen LogP contribution in [0.5, 0.6) is 0 Å². The van der Waals surface area contributed by atoms with Crippen molar-refractivity contribution in [3.63, 3.8) is 0 Å². The predicted octanol–water partition coefficient (Wildman–Crippen LogP) is 3.45. The number of pyridine rings is 1. The lowest BCUT2D eigenvalue weighted by Crippen LogP contribution is -2.33. The van der Waals surface area contributed by atoms with Crippen LogP contribution in [0.3, 0.4) is 0 Å². The molecule has 2 rings (SSSR count). The Balaban J connectivity index is 1.98. The van der Waals surface area contributed by atoms with Crippen molar-refractivity contribution in [2.24, 2.45) is 11.8 Å². The van der Waals surface area contributed by atoms with Crippen molar-refractivity contribution in [2.45, 2.75) is 53.1 Å². The van der Waals surface area contributed by atoms with Gasteiger partial charge in [-0.2, -0.15) is 0 Å². The maximum Gasteiger partial charge on any atom is 0.129 e. The topological polar surface area (TPSA) is 28.2 Å². The van der Waals surface area contributed by atoms with Crippen LogP contribution in [0, 0.1) is 11.8 Å². The maximum absolute atomic E-state index is 4.84. The monoisotopic (exact) mass is 275 g/mol. The number of hydrogen-bond donors (Lipinski definition) is 1. The van der Waals surface area contributed by atoms with Crippen molar-refractivity contribution in [3.05, 3.63) is 23.9 Å². The highest BCUT2D eigenvalue weighted by Crippen LogP contribution is 2.31. The SMILES string of the molecule is CC(C)CNCc1cccc(N(CC2CC2)C(C)C)n1. The van der Waals surface area contributed by atoms with Crippen molar-refractivity contribution >= 4 is 5.82 Å². The molecule has 0 atom stereocenters. The normalized spacial score (nSPS) is 15.1. The molecule has 0 radical (unpaired) electrons. The highest BCUT2D eigenvalue weighted by molar-refractivity contribution is 5.40. The first-order chi connectivity index (χ1) is 9.56. The van der Waals surface area contributed by atoms with E-state index < -0.39 is 0 Å². The van der Waals surface area contributed by atoms with Gasteiger partial charge in [-0.25, -0.2) is 4.98 Å². The van der Waals surface area contributed by atoms with Gasteiger partial charge >= 0.3 is 0 Å². The van der Waals surface area contributed by atoms with Crippen LogP contribution in [0.4, 0.5) is 5.82 Å². The third-order valence-electron chi connectivity index (χ3n) is 3.72. The van der Waals surface area contributed by atoms with E-state index in [1.165, 1.54) is 12.8 Å². The molecule has 0 bridgehead atoms. The molecule has 1 fully saturated rings. The van der Waals surface area contributed by atoms with Crippen molar-refractivity contribution in [2.75, 3.05) is 18.0 Å². The van der Waals surface area contributed by atoms with Gasteiger partial charge in [0.1, 0.15) is 5.82 Å². The van der Waals surface area contributed by atoms with Crippen molar-refractivity contribution in [1.29, 1.82) is 0 Å². The second kappa shape index (κ2) is 7.07. The number of aromatic nitrogens is 1. The van der Waals surface area contributed by atoms with Gasteiger partial charge in [-0.15, -0.1) is 0 Å². The van der Waals surface area contributed by atoms with Gasteiger partial charge in [-0.3, -0.25) is 0 Å². The molecule has 1 aromatic rings. The predicted molar refractivity (Wildman–Crippen MR) is 86.0 cm³/mol. The molecular weight excluding hydrogens is 246 g/mol. The van der Waals surface area contributed by atoms with E-state index in [-0.39, 0.29) is 0 Å². The summed E-state index contributed by atoms with van der Waals surface area (Å²) in [5.41, 5.74) is 1.14. The fourth-order valence-electron chi connectivity index (χ4n) is 2.36. The van der Waals surface area contributed by atoms with Crippen LogP contribution in [0.15, 0.2) is 18.2 Å². The van der Waals surface area contributed by atoms with E-state index in [0.29, 0.717) is 12.0 Å². The van der Waals surface area contributed by atoms with Gasteiger partial charge < -0.3 is 10.2 Å². The van der Waals surface area contributed by atoms with E-state index in [1.807, 2.05) is 0 Å². The number of rotatable bonds is 8. The lowest BCUT2D eigenvalue weighted by Gasteiger charge is -2.28. The first-order valence-corrected chi connectivity index (χ1v) is 7.99. The summed E-state index contributed by atoms with van der Waals surface area (Å²) in [5, 5.41) is 3.47. The largest absolute Gasteiger partial charge is 0.354 e. The Morgan fingerprint density at radius 1 is 1.25 bits per heavy atom. The Morgan fingerprint density at radius 2 is 2.00 bits per heavy atom. The number of anilines is 1. The Morgan fingerprint density at radius 3 is 2.60 bits per heavy atom. The van der Waals surface area contributed by atoms with Crippen LogP contribution in [-0.4, -0.2) is 24.1 Å².